The van der Waals surface area contributed by atoms with Gasteiger partial charge in [0.15, 0.2) is 0 Å². The highest BCUT2D eigenvalue weighted by Gasteiger charge is 2.30. The van der Waals surface area contributed by atoms with Gasteiger partial charge in [0, 0.05) is 55.3 Å². The maximum absolute atomic E-state index is 12.8. The number of Topliss-reactive ketones (excluding diaryl/α,β-unsaturated/α-hetero) is 1. The van der Waals surface area contributed by atoms with Crippen LogP contribution in [0.1, 0.15) is 89.5 Å². The van der Waals surface area contributed by atoms with Crippen molar-refractivity contribution in [2.24, 2.45) is 24.8 Å². The fourth-order valence-corrected chi connectivity index (χ4v) is 6.14. The topological polar surface area (TPSA) is 78.1 Å². The highest BCUT2D eigenvalue weighted by molar-refractivity contribution is 5.94. The lowest BCUT2D eigenvalue weighted by atomic mass is 9.83. The summed E-state index contributed by atoms with van der Waals surface area (Å²) in [5, 5.41) is 13.2. The molecule has 1 aliphatic carbocycles. The second-order valence-electron chi connectivity index (χ2n) is 11.1. The zero-order chi connectivity index (χ0) is 25.7. The number of nitriles is 1. The van der Waals surface area contributed by atoms with Gasteiger partial charge in [-0.25, -0.2) is 4.79 Å². The Kier molecular flexibility index (Phi) is 8.72. The lowest BCUT2D eigenvalue weighted by Crippen LogP contribution is -2.51. The largest absolute Gasteiger partial charge is 0.350 e. The van der Waals surface area contributed by atoms with E-state index in [1.807, 2.05) is 6.07 Å². The van der Waals surface area contributed by atoms with Crippen molar-refractivity contribution in [2.45, 2.75) is 84.0 Å². The molecular weight excluding hydrogens is 448 g/mol. The predicted molar refractivity (Wildman–Crippen MR) is 145 cm³/mol. The van der Waals surface area contributed by atoms with Crippen LogP contribution in [-0.4, -0.2) is 34.4 Å². The number of hydrogen-bond donors (Lipinski definition) is 1. The Morgan fingerprint density at radius 3 is 2.56 bits per heavy atom. The first-order valence-electron chi connectivity index (χ1n) is 14.0. The average Bonchev–Trinajstić information content (AvgIpc) is 3.49. The maximum Gasteiger partial charge on any atom is 0.321 e. The number of aryl methyl sites for hydroxylation is 1. The molecule has 1 aliphatic heterocycles. The van der Waals surface area contributed by atoms with Crippen LogP contribution in [0.4, 0.5) is 10.5 Å². The number of nitrogens with zero attached hydrogens (tertiary/aromatic N) is 3. The first kappa shape index (κ1) is 26.3. The molecule has 1 aromatic heterocycles. The zero-order valence-corrected chi connectivity index (χ0v) is 22.3. The SMILES string of the molecule is CCCC(CCC(CC)CC(=O)C1CCCC1)c1cn(C)c2ccc(NC(=O)N3CC(C#N)C3)cc12. The summed E-state index contributed by atoms with van der Waals surface area (Å²) in [6.45, 7) is 5.47. The van der Waals surface area contributed by atoms with Gasteiger partial charge in [0.2, 0.25) is 0 Å². The van der Waals surface area contributed by atoms with E-state index in [-0.39, 0.29) is 11.9 Å². The highest BCUT2D eigenvalue weighted by Crippen LogP contribution is 2.37. The van der Waals surface area contributed by atoms with Gasteiger partial charge < -0.3 is 14.8 Å². The van der Waals surface area contributed by atoms with Crippen molar-refractivity contribution in [2.75, 3.05) is 18.4 Å². The second-order valence-corrected chi connectivity index (χ2v) is 11.1. The fraction of sp³-hybridized carbons (Fsp3) is 0.633. The third-order valence-electron chi connectivity index (χ3n) is 8.50. The predicted octanol–water partition coefficient (Wildman–Crippen LogP) is 7.01. The minimum atomic E-state index is -0.138. The molecule has 6 heteroatoms. The number of benzene rings is 1. The van der Waals surface area contributed by atoms with Gasteiger partial charge in [-0.2, -0.15) is 5.26 Å². The first-order chi connectivity index (χ1) is 17.4. The number of likely N-dealkylation sites (tertiary alicyclic amines) is 1. The van der Waals surface area contributed by atoms with Gasteiger partial charge in [0.05, 0.1) is 12.0 Å². The molecule has 6 nitrogen and oxygen atoms in total. The molecule has 0 radical (unpaired) electrons. The summed E-state index contributed by atoms with van der Waals surface area (Å²) in [4.78, 5) is 27.1. The van der Waals surface area contributed by atoms with Crippen molar-refractivity contribution in [3.63, 3.8) is 0 Å². The Bertz CT molecular complexity index is 1100. The molecule has 4 rings (SSSR count). The number of carbonyl (C=O) groups is 2. The van der Waals surface area contributed by atoms with Crippen LogP contribution in [0.15, 0.2) is 24.4 Å². The van der Waals surface area contributed by atoms with Gasteiger partial charge in [-0.15, -0.1) is 0 Å². The van der Waals surface area contributed by atoms with Gasteiger partial charge in [-0.05, 0) is 67.7 Å². The van der Waals surface area contributed by atoms with E-state index in [1.54, 1.807) is 4.90 Å². The van der Waals surface area contributed by atoms with Crippen LogP contribution in [0.2, 0.25) is 0 Å². The minimum absolute atomic E-state index is 0.0471. The van der Waals surface area contributed by atoms with Crippen LogP contribution < -0.4 is 5.32 Å². The summed E-state index contributed by atoms with van der Waals surface area (Å²) in [6, 6.07) is 8.23. The van der Waals surface area contributed by atoms with E-state index in [9.17, 15) is 9.59 Å². The monoisotopic (exact) mass is 490 g/mol. The summed E-state index contributed by atoms with van der Waals surface area (Å²) in [6.07, 6.45) is 13.1. The van der Waals surface area contributed by atoms with Crippen LogP contribution in [0.5, 0.6) is 0 Å². The van der Waals surface area contributed by atoms with Gasteiger partial charge >= 0.3 is 6.03 Å². The van der Waals surface area contributed by atoms with Crippen LogP contribution in [0, 0.1) is 29.1 Å². The second kappa shape index (κ2) is 12.0. The number of amides is 2. The number of nitrogens with one attached hydrogen (secondary N) is 1. The van der Waals surface area contributed by atoms with Crippen LogP contribution in [-0.2, 0) is 11.8 Å². The number of fused-ring (bicyclic) bond motifs is 1. The van der Waals surface area contributed by atoms with Gasteiger partial charge in [-0.1, -0.05) is 39.5 Å². The molecule has 2 heterocycles. The fourth-order valence-electron chi connectivity index (χ4n) is 6.14. The van der Waals surface area contributed by atoms with E-state index in [0.29, 0.717) is 36.6 Å². The molecule has 1 N–H and O–H groups in total. The number of rotatable bonds is 11. The summed E-state index contributed by atoms with van der Waals surface area (Å²) in [5.74, 6) is 1.68. The van der Waals surface area contributed by atoms with Crippen molar-refractivity contribution >= 4 is 28.4 Å². The summed E-state index contributed by atoms with van der Waals surface area (Å²) < 4.78 is 2.19. The number of ketones is 1. The quantitative estimate of drug-likeness (QED) is 0.368. The minimum Gasteiger partial charge on any atom is -0.350 e. The van der Waals surface area contributed by atoms with Crippen LogP contribution in [0.25, 0.3) is 10.9 Å². The van der Waals surface area contributed by atoms with Gasteiger partial charge in [-0.3, -0.25) is 4.79 Å². The molecule has 2 aliphatic rings. The molecule has 0 spiro atoms. The molecule has 1 aromatic carbocycles. The highest BCUT2D eigenvalue weighted by atomic mass is 16.2. The zero-order valence-electron chi connectivity index (χ0n) is 22.3. The maximum atomic E-state index is 12.8. The normalized spacial score (nSPS) is 18.1. The molecule has 2 fully saturated rings. The molecule has 2 amide bonds. The Morgan fingerprint density at radius 2 is 1.89 bits per heavy atom. The number of urea groups is 1. The molecule has 2 aromatic rings. The summed E-state index contributed by atoms with van der Waals surface area (Å²) in [7, 11) is 2.09. The smallest absolute Gasteiger partial charge is 0.321 e. The molecule has 0 bridgehead atoms. The Morgan fingerprint density at radius 1 is 1.14 bits per heavy atom. The van der Waals surface area contributed by atoms with Crippen molar-refractivity contribution in [3.05, 3.63) is 30.0 Å². The lowest BCUT2D eigenvalue weighted by molar-refractivity contribution is -0.123. The van der Waals surface area contributed by atoms with E-state index in [1.165, 1.54) is 29.3 Å². The average molecular weight is 491 g/mol. The van der Waals surface area contributed by atoms with Crippen molar-refractivity contribution in [1.82, 2.24) is 9.47 Å². The Balaban J connectivity index is 1.46. The Hall–Kier alpha value is -2.81. The molecule has 1 saturated carbocycles. The van der Waals surface area contributed by atoms with Crippen LogP contribution in [0.3, 0.4) is 0 Å². The third kappa shape index (κ3) is 5.94. The van der Waals surface area contributed by atoms with Crippen molar-refractivity contribution in [1.29, 1.82) is 5.26 Å². The molecule has 1 saturated heterocycles. The van der Waals surface area contributed by atoms with E-state index in [4.69, 9.17) is 5.26 Å². The lowest BCUT2D eigenvalue weighted by Gasteiger charge is -2.35. The molecule has 2 unspecified atom stereocenters. The van der Waals surface area contributed by atoms with E-state index < -0.39 is 0 Å². The number of hydrogen-bond acceptors (Lipinski definition) is 3. The molecule has 2 atom stereocenters. The molecular formula is C30H42N4O2. The molecule has 36 heavy (non-hydrogen) atoms. The summed E-state index contributed by atoms with van der Waals surface area (Å²) >= 11 is 0. The standard InChI is InChI=1S/C30H42N4O2/c1-4-8-23(12-11-21(5-2)15-29(35)24-9-6-7-10-24)27-20-33(3)28-14-13-25(16-26(27)28)32-30(36)34-18-22(17-31)19-34/h13-14,16,20-24H,4-12,15,18-19H2,1-3H3,(H,32,36). The first-order valence-corrected chi connectivity index (χ1v) is 14.0. The van der Waals surface area contributed by atoms with E-state index in [2.05, 4.69) is 55.2 Å². The van der Waals surface area contributed by atoms with E-state index in [0.717, 1.165) is 57.1 Å². The Labute approximate surface area is 216 Å². The van der Waals surface area contributed by atoms with E-state index >= 15 is 0 Å². The van der Waals surface area contributed by atoms with Crippen LogP contribution >= 0.6 is 0 Å². The third-order valence-corrected chi connectivity index (χ3v) is 8.50. The van der Waals surface area contributed by atoms with Crippen molar-refractivity contribution in [3.8, 4) is 6.07 Å². The van der Waals surface area contributed by atoms with Gasteiger partial charge in [0.1, 0.15) is 5.78 Å². The number of aromatic nitrogens is 1. The number of anilines is 1. The summed E-state index contributed by atoms with van der Waals surface area (Å²) in [5.41, 5.74) is 3.31. The molecule has 194 valence electrons. The van der Waals surface area contributed by atoms with Crippen molar-refractivity contribution < 1.29 is 9.59 Å². The van der Waals surface area contributed by atoms with Gasteiger partial charge in [0.25, 0.3) is 0 Å². The number of carbonyl (C=O) groups excluding carboxylic acids is 2.